The van der Waals surface area contributed by atoms with E-state index in [0.717, 1.165) is 44.0 Å². The largest absolute Gasteiger partial charge is 0.454 e. The molecule has 1 aromatic heterocycles. The van der Waals surface area contributed by atoms with Gasteiger partial charge in [-0.3, -0.25) is 9.69 Å². The first-order valence-corrected chi connectivity index (χ1v) is 11.1. The molecule has 0 unspecified atom stereocenters. The fourth-order valence-corrected chi connectivity index (χ4v) is 5.74. The van der Waals surface area contributed by atoms with E-state index < -0.39 is 0 Å². The molecule has 0 N–H and O–H groups in total. The summed E-state index contributed by atoms with van der Waals surface area (Å²) in [7, 11) is 0. The summed E-state index contributed by atoms with van der Waals surface area (Å²) in [5.41, 5.74) is 3.79. The second-order valence-corrected chi connectivity index (χ2v) is 8.95. The van der Waals surface area contributed by atoms with Crippen LogP contribution in [0.25, 0.3) is 0 Å². The zero-order valence-electron chi connectivity index (χ0n) is 17.4. The Morgan fingerprint density at radius 3 is 2.68 bits per heavy atom. The predicted molar refractivity (Wildman–Crippen MR) is 119 cm³/mol. The van der Waals surface area contributed by atoms with E-state index in [0.29, 0.717) is 18.6 Å². The molecule has 1 fully saturated rings. The molecule has 158 valence electrons. The highest BCUT2D eigenvalue weighted by atomic mass is 16.7. The normalized spacial score (nSPS) is 24.1. The number of ether oxygens (including phenoxy) is 2. The van der Waals surface area contributed by atoms with Crippen LogP contribution < -0.4 is 15.0 Å². The number of fused-ring (bicyclic) bond motifs is 5. The van der Waals surface area contributed by atoms with E-state index in [1.807, 2.05) is 24.3 Å². The van der Waals surface area contributed by atoms with Crippen molar-refractivity contribution in [3.05, 3.63) is 93.9 Å². The second kappa shape index (κ2) is 7.57. The molecule has 4 heterocycles. The topological polar surface area (TPSA) is 43.7 Å². The number of para-hydroxylation sites is 1. The molecular weight excluding hydrogens is 388 g/mol. The molecule has 3 aliphatic heterocycles. The molecule has 31 heavy (non-hydrogen) atoms. The highest BCUT2D eigenvalue weighted by molar-refractivity contribution is 5.48. The molecule has 0 aliphatic carbocycles. The number of piperidine rings is 1. The molecular formula is C26H26N2O3. The van der Waals surface area contributed by atoms with E-state index in [2.05, 4.69) is 45.9 Å². The lowest BCUT2D eigenvalue weighted by Gasteiger charge is -2.47. The SMILES string of the molecule is O=c1cccc2n1[C@@H](Cc1ccccc1)[C@H]1C[C@@H]2CN(Cc2cccc3c2OCO3)C1. The summed E-state index contributed by atoms with van der Waals surface area (Å²) in [6.45, 7) is 3.09. The van der Waals surface area contributed by atoms with Crippen LogP contribution in [0.15, 0.2) is 71.5 Å². The molecule has 1 saturated heterocycles. The van der Waals surface area contributed by atoms with Gasteiger partial charge in [0.15, 0.2) is 11.5 Å². The zero-order chi connectivity index (χ0) is 20.8. The summed E-state index contributed by atoms with van der Waals surface area (Å²) in [4.78, 5) is 15.5. The van der Waals surface area contributed by atoms with Crippen LogP contribution in [0.3, 0.4) is 0 Å². The first-order chi connectivity index (χ1) is 15.3. The van der Waals surface area contributed by atoms with Gasteiger partial charge in [0.05, 0.1) is 0 Å². The molecule has 2 bridgehead atoms. The number of pyridine rings is 1. The Balaban J connectivity index is 1.33. The van der Waals surface area contributed by atoms with Crippen LogP contribution in [0.4, 0.5) is 0 Å². The number of rotatable bonds is 4. The third-order valence-electron chi connectivity index (χ3n) is 7.03. The predicted octanol–water partition coefficient (Wildman–Crippen LogP) is 3.98. The summed E-state index contributed by atoms with van der Waals surface area (Å²) >= 11 is 0. The van der Waals surface area contributed by atoms with Crippen LogP contribution in [-0.2, 0) is 13.0 Å². The Kier molecular flexibility index (Phi) is 4.57. The second-order valence-electron chi connectivity index (χ2n) is 8.95. The van der Waals surface area contributed by atoms with Crippen molar-refractivity contribution < 1.29 is 9.47 Å². The number of hydrogen-bond donors (Lipinski definition) is 0. The van der Waals surface area contributed by atoms with Gasteiger partial charge in [0.2, 0.25) is 6.79 Å². The lowest BCUT2D eigenvalue weighted by molar-refractivity contribution is 0.0844. The number of benzene rings is 2. The minimum Gasteiger partial charge on any atom is -0.454 e. The van der Waals surface area contributed by atoms with Gasteiger partial charge in [-0.2, -0.15) is 0 Å². The van der Waals surface area contributed by atoms with Crippen molar-refractivity contribution in [2.24, 2.45) is 5.92 Å². The maximum atomic E-state index is 12.9. The summed E-state index contributed by atoms with van der Waals surface area (Å²) in [6, 6.07) is 22.7. The highest BCUT2D eigenvalue weighted by Gasteiger charge is 2.40. The van der Waals surface area contributed by atoms with Crippen molar-refractivity contribution in [1.29, 1.82) is 0 Å². The van der Waals surface area contributed by atoms with Crippen LogP contribution in [0.1, 0.15) is 35.2 Å². The van der Waals surface area contributed by atoms with Gasteiger partial charge in [0, 0.05) is 48.9 Å². The van der Waals surface area contributed by atoms with Crippen molar-refractivity contribution in [1.82, 2.24) is 9.47 Å². The number of likely N-dealkylation sites (tertiary alicyclic amines) is 1. The van der Waals surface area contributed by atoms with E-state index in [4.69, 9.17) is 9.47 Å². The summed E-state index contributed by atoms with van der Waals surface area (Å²) in [6.07, 6.45) is 2.03. The van der Waals surface area contributed by atoms with Crippen molar-refractivity contribution in [2.45, 2.75) is 31.3 Å². The lowest BCUT2D eigenvalue weighted by atomic mass is 9.76. The van der Waals surface area contributed by atoms with E-state index in [1.165, 1.54) is 16.8 Å². The average molecular weight is 415 g/mol. The maximum Gasteiger partial charge on any atom is 0.251 e. The van der Waals surface area contributed by atoms with E-state index in [-0.39, 0.29) is 11.6 Å². The van der Waals surface area contributed by atoms with Crippen molar-refractivity contribution in [3.63, 3.8) is 0 Å². The van der Waals surface area contributed by atoms with Crippen LogP contribution in [-0.4, -0.2) is 29.3 Å². The molecule has 2 aromatic carbocycles. The van der Waals surface area contributed by atoms with Gasteiger partial charge in [0.1, 0.15) is 0 Å². The zero-order valence-corrected chi connectivity index (χ0v) is 17.4. The minimum atomic E-state index is 0.132. The van der Waals surface area contributed by atoms with Gasteiger partial charge < -0.3 is 14.0 Å². The van der Waals surface area contributed by atoms with Crippen molar-refractivity contribution in [2.75, 3.05) is 19.9 Å². The molecule has 6 rings (SSSR count). The van der Waals surface area contributed by atoms with Gasteiger partial charge >= 0.3 is 0 Å². The van der Waals surface area contributed by atoms with Gasteiger partial charge in [-0.05, 0) is 36.5 Å². The van der Waals surface area contributed by atoms with E-state index in [9.17, 15) is 4.79 Å². The van der Waals surface area contributed by atoms with Crippen LogP contribution in [0.5, 0.6) is 11.5 Å². The Hall–Kier alpha value is -3.05. The molecule has 3 aliphatic rings. The molecule has 3 atom stereocenters. The summed E-state index contributed by atoms with van der Waals surface area (Å²) in [5, 5.41) is 0. The van der Waals surface area contributed by atoms with Gasteiger partial charge in [-0.25, -0.2) is 0 Å². The quantitative estimate of drug-likeness (QED) is 0.648. The fraction of sp³-hybridized carbons (Fsp3) is 0.346. The number of nitrogens with zero attached hydrogens (tertiary/aromatic N) is 2. The van der Waals surface area contributed by atoms with Crippen molar-refractivity contribution >= 4 is 0 Å². The number of aromatic nitrogens is 1. The molecule has 3 aromatic rings. The third kappa shape index (κ3) is 3.33. The van der Waals surface area contributed by atoms with Crippen LogP contribution >= 0.6 is 0 Å². The monoisotopic (exact) mass is 414 g/mol. The molecule has 5 heteroatoms. The molecule has 0 radical (unpaired) electrons. The molecule has 0 amide bonds. The molecule has 5 nitrogen and oxygen atoms in total. The average Bonchev–Trinajstić information content (AvgIpc) is 3.28. The first-order valence-electron chi connectivity index (χ1n) is 11.1. The standard InChI is InChI=1S/C26H26N2O3/c29-25-11-5-9-22-20-13-21(23(28(22)25)12-18-6-2-1-3-7-18)16-27(15-20)14-19-8-4-10-24-26(19)31-17-30-24/h1-11,20-21,23H,12-17H2/t20-,21+,23+/m1/s1. The van der Waals surface area contributed by atoms with Crippen LogP contribution in [0.2, 0.25) is 0 Å². The highest BCUT2D eigenvalue weighted by Crippen LogP contribution is 2.43. The molecule has 0 spiro atoms. The van der Waals surface area contributed by atoms with E-state index >= 15 is 0 Å². The Labute approximate surface area is 181 Å². The Bertz CT molecular complexity index is 1160. The fourth-order valence-electron chi connectivity index (χ4n) is 5.74. The summed E-state index contributed by atoms with van der Waals surface area (Å²) < 4.78 is 13.4. The van der Waals surface area contributed by atoms with Gasteiger partial charge in [0.25, 0.3) is 5.56 Å². The smallest absolute Gasteiger partial charge is 0.251 e. The summed E-state index contributed by atoms with van der Waals surface area (Å²) in [5.74, 6) is 2.55. The van der Waals surface area contributed by atoms with E-state index in [1.54, 1.807) is 6.07 Å². The van der Waals surface area contributed by atoms with Crippen molar-refractivity contribution in [3.8, 4) is 11.5 Å². The van der Waals surface area contributed by atoms with Gasteiger partial charge in [-0.15, -0.1) is 0 Å². The lowest BCUT2D eigenvalue weighted by Crippen LogP contribution is -2.49. The first kappa shape index (κ1) is 18.7. The third-order valence-corrected chi connectivity index (χ3v) is 7.03. The molecule has 0 saturated carbocycles. The maximum absolute atomic E-state index is 12.9. The van der Waals surface area contributed by atoms with Crippen LogP contribution in [0, 0.1) is 5.92 Å². The minimum absolute atomic E-state index is 0.132. The number of hydrogen-bond acceptors (Lipinski definition) is 4. The van der Waals surface area contributed by atoms with Gasteiger partial charge in [-0.1, -0.05) is 48.5 Å². The Morgan fingerprint density at radius 2 is 1.77 bits per heavy atom. The Morgan fingerprint density at radius 1 is 0.903 bits per heavy atom.